The van der Waals surface area contributed by atoms with Gasteiger partial charge in [0, 0.05) is 12.1 Å². The number of hydrogen-bond acceptors (Lipinski definition) is 2. The van der Waals surface area contributed by atoms with Gasteiger partial charge in [-0.15, -0.1) is 0 Å². The summed E-state index contributed by atoms with van der Waals surface area (Å²) in [6.07, 6.45) is 1.33. The maximum Gasteiger partial charge on any atom is 0.224 e. The molecule has 1 aliphatic heterocycles. The largest absolute Gasteiger partial charge is 0.489 e. The minimum Gasteiger partial charge on any atom is -0.489 e. The highest BCUT2D eigenvalue weighted by molar-refractivity contribution is 5.93. The second-order valence-electron chi connectivity index (χ2n) is 5.14. The molecular weight excluding hydrogens is 250 g/mol. The first-order valence-electron chi connectivity index (χ1n) is 6.82. The maximum atomic E-state index is 11.3. The minimum absolute atomic E-state index is 0.0887. The summed E-state index contributed by atoms with van der Waals surface area (Å²) in [5.41, 5.74) is 4.45. The van der Waals surface area contributed by atoms with Crippen molar-refractivity contribution in [1.29, 1.82) is 0 Å². The van der Waals surface area contributed by atoms with Crippen LogP contribution in [0.5, 0.6) is 5.75 Å². The lowest BCUT2D eigenvalue weighted by Gasteiger charge is -2.17. The second-order valence-corrected chi connectivity index (χ2v) is 5.14. The van der Waals surface area contributed by atoms with E-state index < -0.39 is 0 Å². The molecule has 0 radical (unpaired) electrons. The highest BCUT2D eigenvalue weighted by Gasteiger charge is 2.14. The molecule has 0 saturated heterocycles. The van der Waals surface area contributed by atoms with Crippen molar-refractivity contribution >= 4 is 11.6 Å². The van der Waals surface area contributed by atoms with E-state index in [9.17, 15) is 4.79 Å². The van der Waals surface area contributed by atoms with Crippen molar-refractivity contribution in [2.24, 2.45) is 0 Å². The van der Waals surface area contributed by atoms with E-state index in [4.69, 9.17) is 4.74 Å². The molecule has 3 rings (SSSR count). The predicted molar refractivity (Wildman–Crippen MR) is 78.9 cm³/mol. The fraction of sp³-hybridized carbons (Fsp3) is 0.235. The van der Waals surface area contributed by atoms with E-state index in [-0.39, 0.29) is 5.91 Å². The quantitative estimate of drug-likeness (QED) is 0.924. The molecule has 0 spiro atoms. The Kier molecular flexibility index (Phi) is 3.42. The average molecular weight is 267 g/mol. The van der Waals surface area contributed by atoms with Gasteiger partial charge in [0.15, 0.2) is 0 Å². The molecule has 2 aromatic rings. The Labute approximate surface area is 118 Å². The molecule has 1 N–H and O–H groups in total. The van der Waals surface area contributed by atoms with E-state index >= 15 is 0 Å². The van der Waals surface area contributed by atoms with Gasteiger partial charge >= 0.3 is 0 Å². The number of fused-ring (bicyclic) bond motifs is 1. The molecule has 2 aromatic carbocycles. The van der Waals surface area contributed by atoms with E-state index in [1.165, 1.54) is 5.56 Å². The third-order valence-electron chi connectivity index (χ3n) is 3.50. The summed E-state index contributed by atoms with van der Waals surface area (Å²) in [6, 6.07) is 14.2. The molecule has 3 nitrogen and oxygen atoms in total. The zero-order valence-electron chi connectivity index (χ0n) is 11.5. The zero-order valence-corrected chi connectivity index (χ0v) is 11.5. The number of ether oxygens (including phenoxy) is 1. The van der Waals surface area contributed by atoms with Crippen LogP contribution in [0, 0.1) is 6.92 Å². The number of rotatable bonds is 3. The molecular formula is C17H17NO2. The van der Waals surface area contributed by atoms with E-state index in [0.717, 1.165) is 29.0 Å². The van der Waals surface area contributed by atoms with Gasteiger partial charge in [0.1, 0.15) is 12.4 Å². The number of amides is 1. The molecule has 0 atom stereocenters. The fourth-order valence-corrected chi connectivity index (χ4v) is 2.30. The Bertz CT molecular complexity index is 632. The third-order valence-corrected chi connectivity index (χ3v) is 3.50. The minimum atomic E-state index is 0.0887. The summed E-state index contributed by atoms with van der Waals surface area (Å²) in [5.74, 6) is 0.936. The van der Waals surface area contributed by atoms with Gasteiger partial charge in [0.25, 0.3) is 0 Å². The number of carbonyl (C=O) groups excluding carboxylic acids is 1. The summed E-state index contributed by atoms with van der Waals surface area (Å²) in [5, 5.41) is 2.87. The number of benzene rings is 2. The van der Waals surface area contributed by atoms with E-state index in [2.05, 4.69) is 36.5 Å². The lowest BCUT2D eigenvalue weighted by molar-refractivity contribution is -0.116. The van der Waals surface area contributed by atoms with Gasteiger partial charge in [-0.2, -0.15) is 0 Å². The lowest BCUT2D eigenvalue weighted by Crippen LogP contribution is -2.18. The molecule has 3 heteroatoms. The van der Waals surface area contributed by atoms with Crippen LogP contribution in [0.25, 0.3) is 0 Å². The van der Waals surface area contributed by atoms with Crippen LogP contribution in [-0.2, 0) is 17.8 Å². The van der Waals surface area contributed by atoms with Crippen LogP contribution in [0.15, 0.2) is 42.5 Å². The third kappa shape index (κ3) is 2.82. The van der Waals surface area contributed by atoms with Crippen molar-refractivity contribution in [3.63, 3.8) is 0 Å². The topological polar surface area (TPSA) is 38.3 Å². The van der Waals surface area contributed by atoms with Crippen LogP contribution in [0.2, 0.25) is 0 Å². The molecule has 0 unspecified atom stereocenters. The zero-order chi connectivity index (χ0) is 13.9. The SMILES string of the molecule is Cc1ccc(COc2ccc3c(c2)CCC(=O)N3)cc1. The Hall–Kier alpha value is -2.29. The Morgan fingerprint density at radius 1 is 1.10 bits per heavy atom. The molecule has 1 amide bonds. The molecule has 1 heterocycles. The molecule has 0 fully saturated rings. The van der Waals surface area contributed by atoms with E-state index in [1.54, 1.807) is 0 Å². The number of nitrogens with one attached hydrogen (secondary N) is 1. The first-order valence-corrected chi connectivity index (χ1v) is 6.82. The van der Waals surface area contributed by atoms with Gasteiger partial charge in [-0.25, -0.2) is 0 Å². The van der Waals surface area contributed by atoms with Gasteiger partial charge in [-0.1, -0.05) is 29.8 Å². The number of anilines is 1. The summed E-state index contributed by atoms with van der Waals surface area (Å²) in [4.78, 5) is 11.3. The normalized spacial score (nSPS) is 13.6. The van der Waals surface area contributed by atoms with Gasteiger partial charge in [0.2, 0.25) is 5.91 Å². The van der Waals surface area contributed by atoms with Crippen LogP contribution >= 0.6 is 0 Å². The monoisotopic (exact) mass is 267 g/mol. The summed E-state index contributed by atoms with van der Waals surface area (Å²) >= 11 is 0. The maximum absolute atomic E-state index is 11.3. The molecule has 20 heavy (non-hydrogen) atoms. The van der Waals surface area contributed by atoms with Crippen molar-refractivity contribution in [3.05, 3.63) is 59.2 Å². The van der Waals surface area contributed by atoms with Crippen LogP contribution < -0.4 is 10.1 Å². The van der Waals surface area contributed by atoms with Crippen LogP contribution in [0.1, 0.15) is 23.1 Å². The first-order chi connectivity index (χ1) is 9.70. The fourth-order valence-electron chi connectivity index (χ4n) is 2.30. The molecule has 0 saturated carbocycles. The van der Waals surface area contributed by atoms with Crippen molar-refractivity contribution < 1.29 is 9.53 Å². The van der Waals surface area contributed by atoms with Crippen LogP contribution in [-0.4, -0.2) is 5.91 Å². The van der Waals surface area contributed by atoms with E-state index in [0.29, 0.717) is 13.0 Å². The summed E-state index contributed by atoms with van der Waals surface area (Å²) < 4.78 is 5.81. The first kappa shape index (κ1) is 12.7. The van der Waals surface area contributed by atoms with Crippen LogP contribution in [0.3, 0.4) is 0 Å². The standard InChI is InChI=1S/C17H17NO2/c1-12-2-4-13(5-3-12)11-20-15-7-8-16-14(10-15)6-9-17(19)18-16/h2-5,7-8,10H,6,9,11H2,1H3,(H,18,19). The highest BCUT2D eigenvalue weighted by Crippen LogP contribution is 2.27. The number of aryl methyl sites for hydroxylation is 2. The average Bonchev–Trinajstić information content (AvgIpc) is 2.46. The Balaban J connectivity index is 1.69. The molecule has 102 valence electrons. The molecule has 0 bridgehead atoms. The molecule has 1 aliphatic rings. The Morgan fingerprint density at radius 2 is 1.90 bits per heavy atom. The van der Waals surface area contributed by atoms with Crippen LogP contribution in [0.4, 0.5) is 5.69 Å². The van der Waals surface area contributed by atoms with Crippen molar-refractivity contribution in [3.8, 4) is 5.75 Å². The molecule has 0 aliphatic carbocycles. The van der Waals surface area contributed by atoms with E-state index in [1.807, 2.05) is 18.2 Å². The van der Waals surface area contributed by atoms with Crippen molar-refractivity contribution in [2.45, 2.75) is 26.4 Å². The van der Waals surface area contributed by atoms with Gasteiger partial charge in [-0.05, 0) is 42.7 Å². The van der Waals surface area contributed by atoms with Gasteiger partial charge in [-0.3, -0.25) is 4.79 Å². The lowest BCUT2D eigenvalue weighted by atomic mass is 10.0. The summed E-state index contributed by atoms with van der Waals surface area (Å²) in [6.45, 7) is 2.63. The van der Waals surface area contributed by atoms with Crippen molar-refractivity contribution in [2.75, 3.05) is 5.32 Å². The second kappa shape index (κ2) is 5.37. The smallest absolute Gasteiger partial charge is 0.224 e. The van der Waals surface area contributed by atoms with Gasteiger partial charge < -0.3 is 10.1 Å². The molecule has 0 aromatic heterocycles. The summed E-state index contributed by atoms with van der Waals surface area (Å²) in [7, 11) is 0. The predicted octanol–water partition coefficient (Wildman–Crippen LogP) is 3.46. The van der Waals surface area contributed by atoms with Crippen molar-refractivity contribution in [1.82, 2.24) is 0 Å². The van der Waals surface area contributed by atoms with Gasteiger partial charge in [0.05, 0.1) is 0 Å². The Morgan fingerprint density at radius 3 is 2.70 bits per heavy atom. The highest BCUT2D eigenvalue weighted by atomic mass is 16.5. The number of hydrogen-bond donors (Lipinski definition) is 1. The number of carbonyl (C=O) groups is 1.